The van der Waals surface area contributed by atoms with Gasteiger partial charge in [0.05, 0.1) is 5.69 Å². The average molecular weight is 598 g/mol. The second-order valence-electron chi connectivity index (χ2n) is 9.16. The normalized spacial score (nSPS) is 10.7. The highest BCUT2D eigenvalue weighted by molar-refractivity contribution is 7.98. The zero-order valence-corrected chi connectivity index (χ0v) is 24.6. The van der Waals surface area contributed by atoms with Crippen LogP contribution in [-0.2, 0) is 12.3 Å². The Kier molecular flexibility index (Phi) is 13.1. The summed E-state index contributed by atoms with van der Waals surface area (Å²) in [6.07, 6.45) is 4.66. The van der Waals surface area contributed by atoms with Gasteiger partial charge in [0.25, 0.3) is 0 Å². The third kappa shape index (κ3) is 11.6. The molecular weight excluding hydrogens is 562 g/mol. The summed E-state index contributed by atoms with van der Waals surface area (Å²) in [4.78, 5) is 14.6. The van der Waals surface area contributed by atoms with Crippen molar-refractivity contribution in [2.75, 3.05) is 55.7 Å². The molecule has 0 amide bonds. The Bertz CT molecular complexity index is 1260. The summed E-state index contributed by atoms with van der Waals surface area (Å²) < 4.78 is 13.3. The van der Waals surface area contributed by atoms with Gasteiger partial charge in [-0.25, -0.2) is 19.3 Å². The van der Waals surface area contributed by atoms with Crippen molar-refractivity contribution in [3.8, 4) is 6.19 Å². The van der Waals surface area contributed by atoms with E-state index in [1.54, 1.807) is 30.1 Å². The molecule has 0 unspecified atom stereocenters. The molecule has 14 heteroatoms. The molecule has 2 heterocycles. The standard InChI is InChI=1S/C27H36FN11S2/c1-37(13-14-38(24-5-2-3-10-33-24)17-21-6-8-22(28)9-7-21)12-4-11-34-26(32)39(20-29)15-16-40-18-23-19-41-27(35-23)36-25(30)31/h2-3,5-10,19H,4,11-18H2,1H3,(H2,32,34)(H4,30,31,35,36). The first-order valence-corrected chi connectivity index (χ1v) is 15.1. The lowest BCUT2D eigenvalue weighted by molar-refractivity contribution is 0.333. The minimum Gasteiger partial charge on any atom is -0.370 e. The largest absolute Gasteiger partial charge is 0.370 e. The average Bonchev–Trinajstić information content (AvgIpc) is 3.41. The predicted octanol–water partition coefficient (Wildman–Crippen LogP) is 3.55. The molecule has 0 saturated heterocycles. The Balaban J connectivity index is 1.33. The summed E-state index contributed by atoms with van der Waals surface area (Å²) in [6.45, 7) is 4.02. The second-order valence-corrected chi connectivity index (χ2v) is 11.1. The topological polar surface area (TPSA) is 157 Å². The number of nitrogens with zero attached hydrogens (tertiary/aromatic N) is 6. The van der Waals surface area contributed by atoms with E-state index >= 15 is 0 Å². The first-order chi connectivity index (χ1) is 19.8. The third-order valence-corrected chi connectivity index (χ3v) is 7.69. The van der Waals surface area contributed by atoms with Crippen molar-refractivity contribution in [3.05, 3.63) is 71.1 Å². The quantitative estimate of drug-likeness (QED) is 0.0544. The highest BCUT2D eigenvalue weighted by Gasteiger charge is 2.12. The highest BCUT2D eigenvalue weighted by atomic mass is 32.2. The van der Waals surface area contributed by atoms with Gasteiger partial charge < -0.3 is 26.2 Å². The van der Waals surface area contributed by atoms with Gasteiger partial charge in [-0.05, 0) is 49.8 Å². The molecule has 3 aromatic rings. The zero-order chi connectivity index (χ0) is 29.5. The van der Waals surface area contributed by atoms with Gasteiger partial charge in [0.2, 0.25) is 5.96 Å². The van der Waals surface area contributed by atoms with Crippen molar-refractivity contribution in [1.29, 1.82) is 16.1 Å². The van der Waals surface area contributed by atoms with Crippen LogP contribution in [0.5, 0.6) is 0 Å². The molecule has 3 rings (SSSR count). The summed E-state index contributed by atoms with van der Waals surface area (Å²) in [6, 6.07) is 12.4. The Morgan fingerprint density at radius 1 is 1.15 bits per heavy atom. The van der Waals surface area contributed by atoms with E-state index < -0.39 is 0 Å². The Morgan fingerprint density at radius 2 is 1.95 bits per heavy atom. The lowest BCUT2D eigenvalue weighted by Gasteiger charge is -2.27. The van der Waals surface area contributed by atoms with Gasteiger partial charge in [0.1, 0.15) is 11.6 Å². The fourth-order valence-electron chi connectivity index (χ4n) is 3.77. The maximum Gasteiger partial charge on any atom is 0.204 e. The van der Waals surface area contributed by atoms with E-state index in [9.17, 15) is 9.65 Å². The molecule has 11 nitrogen and oxygen atoms in total. The number of nitriles is 1. The van der Waals surface area contributed by atoms with Gasteiger partial charge in [-0.15, -0.1) is 11.3 Å². The van der Waals surface area contributed by atoms with Crippen molar-refractivity contribution in [3.63, 3.8) is 0 Å². The smallest absolute Gasteiger partial charge is 0.204 e. The Labute approximate surface area is 248 Å². The number of anilines is 2. The van der Waals surface area contributed by atoms with E-state index in [-0.39, 0.29) is 17.7 Å². The van der Waals surface area contributed by atoms with Crippen LogP contribution in [0.3, 0.4) is 0 Å². The molecule has 218 valence electrons. The number of nitrogens with one attached hydrogen (secondary N) is 4. The van der Waals surface area contributed by atoms with E-state index in [0.29, 0.717) is 36.3 Å². The number of thioether (sulfide) groups is 1. The van der Waals surface area contributed by atoms with Crippen LogP contribution in [0.2, 0.25) is 0 Å². The van der Waals surface area contributed by atoms with E-state index in [1.807, 2.05) is 23.6 Å². The molecule has 0 atom stereocenters. The summed E-state index contributed by atoms with van der Waals surface area (Å²) in [5, 5.41) is 33.2. The van der Waals surface area contributed by atoms with Gasteiger partial charge in [-0.3, -0.25) is 10.8 Å². The molecule has 0 fully saturated rings. The van der Waals surface area contributed by atoms with Gasteiger partial charge in [0, 0.05) is 55.8 Å². The van der Waals surface area contributed by atoms with Crippen LogP contribution in [0, 0.1) is 28.1 Å². The van der Waals surface area contributed by atoms with Gasteiger partial charge in [0.15, 0.2) is 17.3 Å². The number of pyridine rings is 1. The summed E-state index contributed by atoms with van der Waals surface area (Å²) >= 11 is 3.01. The lowest BCUT2D eigenvalue weighted by Crippen LogP contribution is -2.40. The predicted molar refractivity (Wildman–Crippen MR) is 166 cm³/mol. The number of halogens is 1. The van der Waals surface area contributed by atoms with Crippen LogP contribution in [0.4, 0.5) is 15.3 Å². The molecule has 0 bridgehead atoms. The molecule has 0 saturated carbocycles. The molecule has 0 radical (unpaired) electrons. The number of hydrogen-bond acceptors (Lipinski definition) is 9. The first kappa shape index (κ1) is 31.6. The molecular formula is C27H36FN11S2. The van der Waals surface area contributed by atoms with Crippen LogP contribution in [-0.4, -0.2) is 77.2 Å². The number of aromatic nitrogens is 2. The monoisotopic (exact) mass is 597 g/mol. The molecule has 2 aromatic heterocycles. The van der Waals surface area contributed by atoms with Crippen LogP contribution >= 0.6 is 23.1 Å². The van der Waals surface area contributed by atoms with Crippen LogP contribution in [0.15, 0.2) is 54.0 Å². The Morgan fingerprint density at radius 3 is 2.66 bits per heavy atom. The fraction of sp³-hybridized carbons (Fsp3) is 0.370. The Hall–Kier alpha value is -3.93. The number of hydrogen-bond donors (Lipinski definition) is 5. The molecule has 41 heavy (non-hydrogen) atoms. The maximum absolute atomic E-state index is 13.3. The highest BCUT2D eigenvalue weighted by Crippen LogP contribution is 2.19. The van der Waals surface area contributed by atoms with E-state index in [0.717, 1.165) is 43.1 Å². The van der Waals surface area contributed by atoms with Crippen LogP contribution in [0.1, 0.15) is 17.7 Å². The molecule has 0 spiro atoms. The molecule has 0 aliphatic rings. The van der Waals surface area contributed by atoms with E-state index in [2.05, 4.69) is 43.6 Å². The zero-order valence-electron chi connectivity index (χ0n) is 23.0. The summed E-state index contributed by atoms with van der Waals surface area (Å²) in [5.74, 6) is 1.91. The number of rotatable bonds is 16. The van der Waals surface area contributed by atoms with Crippen molar-refractivity contribution in [2.24, 2.45) is 5.73 Å². The van der Waals surface area contributed by atoms with E-state index in [1.165, 1.54) is 28.4 Å². The molecule has 1 aromatic carbocycles. The number of thiazole rings is 1. The SMILES string of the molecule is CN(CCCNC(=N)N(C#N)CCSCc1csc(NC(=N)N)n1)CCN(Cc1ccc(F)cc1)c1ccccn1. The molecule has 6 N–H and O–H groups in total. The van der Waals surface area contributed by atoms with Gasteiger partial charge in [-0.2, -0.15) is 17.0 Å². The first-order valence-electron chi connectivity index (χ1n) is 13.1. The van der Waals surface area contributed by atoms with Crippen molar-refractivity contribution in [1.82, 2.24) is 25.1 Å². The number of guanidine groups is 2. The number of likely N-dealkylation sites (N-methyl/N-ethyl adjacent to an activating group) is 1. The van der Waals surface area contributed by atoms with Crippen molar-refractivity contribution >= 4 is 46.0 Å². The number of nitrogens with two attached hydrogens (primary N) is 1. The van der Waals surface area contributed by atoms with Crippen molar-refractivity contribution < 1.29 is 4.39 Å². The maximum atomic E-state index is 13.3. The van der Waals surface area contributed by atoms with Crippen LogP contribution in [0.25, 0.3) is 0 Å². The molecule has 0 aliphatic carbocycles. The van der Waals surface area contributed by atoms with E-state index in [4.69, 9.17) is 16.6 Å². The summed E-state index contributed by atoms with van der Waals surface area (Å²) in [7, 11) is 2.06. The second kappa shape index (κ2) is 17.0. The van der Waals surface area contributed by atoms with Crippen molar-refractivity contribution in [2.45, 2.75) is 18.7 Å². The third-order valence-electron chi connectivity index (χ3n) is 5.91. The van der Waals surface area contributed by atoms with Crippen LogP contribution < -0.4 is 21.3 Å². The molecule has 0 aliphatic heterocycles. The minimum atomic E-state index is -0.248. The minimum absolute atomic E-state index is 0.0954. The fourth-order valence-corrected chi connectivity index (χ4v) is 5.41. The van der Waals surface area contributed by atoms with Gasteiger partial charge >= 0.3 is 0 Å². The number of benzene rings is 1. The summed E-state index contributed by atoms with van der Waals surface area (Å²) in [5.41, 5.74) is 7.21. The lowest BCUT2D eigenvalue weighted by atomic mass is 10.2. The van der Waals surface area contributed by atoms with Gasteiger partial charge in [-0.1, -0.05) is 18.2 Å².